The van der Waals surface area contributed by atoms with Gasteiger partial charge in [0.1, 0.15) is 5.75 Å². The van der Waals surface area contributed by atoms with Crippen molar-refractivity contribution in [2.45, 2.75) is 12.3 Å². The van der Waals surface area contributed by atoms with Crippen molar-refractivity contribution in [2.75, 3.05) is 7.11 Å². The maximum absolute atomic E-state index is 5.37. The number of rotatable bonds is 4. The average molecular weight is 350 g/mol. The first-order chi connectivity index (χ1) is 13.3. The molecule has 3 aromatic carbocycles. The van der Waals surface area contributed by atoms with Crippen LogP contribution in [0.2, 0.25) is 0 Å². The van der Waals surface area contributed by atoms with Crippen LogP contribution in [0, 0.1) is 5.92 Å². The maximum atomic E-state index is 5.37. The van der Waals surface area contributed by atoms with Gasteiger partial charge in [0.15, 0.2) is 0 Å². The fourth-order valence-electron chi connectivity index (χ4n) is 4.56. The third-order valence-electron chi connectivity index (χ3n) is 5.86. The summed E-state index contributed by atoms with van der Waals surface area (Å²) in [5.41, 5.74) is 8.48. The van der Waals surface area contributed by atoms with Gasteiger partial charge in [0.05, 0.1) is 7.11 Å². The Labute approximate surface area is 160 Å². The quantitative estimate of drug-likeness (QED) is 0.429. The van der Waals surface area contributed by atoms with Crippen LogP contribution in [-0.4, -0.2) is 7.11 Å². The van der Waals surface area contributed by atoms with Gasteiger partial charge in [0, 0.05) is 11.8 Å². The van der Waals surface area contributed by atoms with Crippen molar-refractivity contribution in [3.05, 3.63) is 113 Å². The number of ether oxygens (including phenoxy) is 1. The van der Waals surface area contributed by atoms with E-state index in [-0.39, 0.29) is 0 Å². The second-order valence-electron chi connectivity index (χ2n) is 7.31. The molecule has 1 nitrogen and oxygen atoms in total. The summed E-state index contributed by atoms with van der Waals surface area (Å²) in [6, 6.07) is 24.2. The van der Waals surface area contributed by atoms with Crippen molar-refractivity contribution in [3.8, 4) is 16.9 Å². The standard InChI is InChI=1S/C26H22O/c1-27-21-15-13-19(14-16-21)26(18-7-2-3-8-18)24-12-6-11-23-22-10-5-4-9-20(22)17-25(23)24/h2-16,18,26H,17H2,1H3. The lowest BCUT2D eigenvalue weighted by molar-refractivity contribution is 0.414. The molecule has 0 heterocycles. The molecule has 0 aromatic heterocycles. The maximum Gasteiger partial charge on any atom is 0.118 e. The first-order valence-corrected chi connectivity index (χ1v) is 9.54. The van der Waals surface area contributed by atoms with E-state index in [0.717, 1.165) is 12.2 Å². The summed E-state index contributed by atoms with van der Waals surface area (Å²) >= 11 is 0. The number of benzene rings is 3. The smallest absolute Gasteiger partial charge is 0.118 e. The molecular weight excluding hydrogens is 328 g/mol. The Kier molecular flexibility index (Phi) is 3.94. The fraction of sp³-hybridized carbons (Fsp3) is 0.154. The normalized spacial score (nSPS) is 15.6. The Morgan fingerprint density at radius 3 is 2.33 bits per heavy atom. The molecule has 27 heavy (non-hydrogen) atoms. The predicted molar refractivity (Wildman–Crippen MR) is 111 cm³/mol. The lowest BCUT2D eigenvalue weighted by atomic mass is 9.78. The van der Waals surface area contributed by atoms with Gasteiger partial charge < -0.3 is 4.74 Å². The van der Waals surface area contributed by atoms with E-state index >= 15 is 0 Å². The summed E-state index contributed by atoms with van der Waals surface area (Å²) in [5.74, 6) is 1.60. The highest BCUT2D eigenvalue weighted by molar-refractivity contribution is 5.78. The van der Waals surface area contributed by atoms with Crippen LogP contribution < -0.4 is 4.74 Å². The zero-order valence-electron chi connectivity index (χ0n) is 15.4. The molecule has 5 rings (SSSR count). The average Bonchev–Trinajstić information content (AvgIpc) is 3.37. The molecule has 0 amide bonds. The van der Waals surface area contributed by atoms with E-state index in [9.17, 15) is 0 Å². The molecule has 0 saturated carbocycles. The number of fused-ring (bicyclic) bond motifs is 3. The molecule has 0 N–H and O–H groups in total. The molecule has 132 valence electrons. The SMILES string of the molecule is COc1ccc(C(c2cccc3c2Cc2ccccc2-3)C2C=CC=C2)cc1. The van der Waals surface area contributed by atoms with Gasteiger partial charge in [-0.2, -0.15) is 0 Å². The third-order valence-corrected chi connectivity index (χ3v) is 5.86. The molecule has 1 atom stereocenters. The first-order valence-electron chi connectivity index (χ1n) is 9.54. The van der Waals surface area contributed by atoms with Crippen LogP contribution in [0.25, 0.3) is 11.1 Å². The molecule has 1 heteroatoms. The van der Waals surface area contributed by atoms with Crippen LogP contribution in [-0.2, 0) is 6.42 Å². The largest absolute Gasteiger partial charge is 0.497 e. The number of allylic oxidation sites excluding steroid dienone is 4. The van der Waals surface area contributed by atoms with E-state index in [1.54, 1.807) is 7.11 Å². The van der Waals surface area contributed by atoms with E-state index in [1.807, 2.05) is 0 Å². The van der Waals surface area contributed by atoms with Crippen molar-refractivity contribution in [3.63, 3.8) is 0 Å². The molecule has 0 saturated heterocycles. The van der Waals surface area contributed by atoms with Crippen molar-refractivity contribution >= 4 is 0 Å². The van der Waals surface area contributed by atoms with Crippen LogP contribution in [0.5, 0.6) is 5.75 Å². The van der Waals surface area contributed by atoms with Gasteiger partial charge in [-0.15, -0.1) is 0 Å². The second-order valence-corrected chi connectivity index (χ2v) is 7.31. The number of hydrogen-bond acceptors (Lipinski definition) is 1. The predicted octanol–water partition coefficient (Wildman–Crippen LogP) is 6.14. The number of hydrogen-bond donors (Lipinski definition) is 0. The van der Waals surface area contributed by atoms with Crippen LogP contribution in [0.1, 0.15) is 28.2 Å². The Morgan fingerprint density at radius 1 is 0.815 bits per heavy atom. The second kappa shape index (κ2) is 6.59. The lowest BCUT2D eigenvalue weighted by Gasteiger charge is -2.25. The van der Waals surface area contributed by atoms with E-state index < -0.39 is 0 Å². The summed E-state index contributed by atoms with van der Waals surface area (Å²) in [6.07, 6.45) is 9.99. The van der Waals surface area contributed by atoms with Gasteiger partial charge in [-0.25, -0.2) is 0 Å². The minimum atomic E-state index is 0.315. The lowest BCUT2D eigenvalue weighted by Crippen LogP contribution is -2.12. The van der Waals surface area contributed by atoms with Gasteiger partial charge in [-0.3, -0.25) is 0 Å². The van der Waals surface area contributed by atoms with Gasteiger partial charge in [-0.1, -0.05) is 78.9 Å². The molecule has 0 bridgehead atoms. The first kappa shape index (κ1) is 16.1. The topological polar surface area (TPSA) is 9.23 Å². The Hall–Kier alpha value is -3.06. The highest BCUT2D eigenvalue weighted by Crippen LogP contribution is 2.44. The third kappa shape index (κ3) is 2.71. The molecule has 0 aliphatic heterocycles. The summed E-state index contributed by atoms with van der Waals surface area (Å²) in [4.78, 5) is 0. The molecule has 0 spiro atoms. The fourth-order valence-corrected chi connectivity index (χ4v) is 4.56. The van der Waals surface area contributed by atoms with Gasteiger partial charge in [0.25, 0.3) is 0 Å². The molecule has 2 aliphatic rings. The van der Waals surface area contributed by atoms with E-state index in [0.29, 0.717) is 11.8 Å². The molecule has 1 unspecified atom stereocenters. The summed E-state index contributed by atoms with van der Waals surface area (Å²) in [7, 11) is 1.72. The van der Waals surface area contributed by atoms with E-state index in [2.05, 4.69) is 91.0 Å². The Morgan fingerprint density at radius 2 is 1.56 bits per heavy atom. The summed E-state index contributed by atoms with van der Waals surface area (Å²) in [5, 5.41) is 0. The highest BCUT2D eigenvalue weighted by atomic mass is 16.5. The zero-order valence-corrected chi connectivity index (χ0v) is 15.4. The van der Waals surface area contributed by atoms with Crippen molar-refractivity contribution in [1.29, 1.82) is 0 Å². The molecule has 0 fully saturated rings. The minimum absolute atomic E-state index is 0.315. The zero-order chi connectivity index (χ0) is 18.2. The van der Waals surface area contributed by atoms with Crippen molar-refractivity contribution in [2.24, 2.45) is 5.92 Å². The van der Waals surface area contributed by atoms with Crippen LogP contribution in [0.4, 0.5) is 0 Å². The Bertz CT molecular complexity index is 1030. The highest BCUT2D eigenvalue weighted by Gasteiger charge is 2.29. The van der Waals surface area contributed by atoms with Crippen LogP contribution >= 0.6 is 0 Å². The monoisotopic (exact) mass is 350 g/mol. The number of methoxy groups -OCH3 is 1. The van der Waals surface area contributed by atoms with Gasteiger partial charge in [0.2, 0.25) is 0 Å². The summed E-state index contributed by atoms with van der Waals surface area (Å²) < 4.78 is 5.37. The van der Waals surface area contributed by atoms with Gasteiger partial charge >= 0.3 is 0 Å². The summed E-state index contributed by atoms with van der Waals surface area (Å²) in [6.45, 7) is 0. The van der Waals surface area contributed by atoms with Crippen LogP contribution in [0.15, 0.2) is 91.0 Å². The van der Waals surface area contributed by atoms with Crippen LogP contribution in [0.3, 0.4) is 0 Å². The minimum Gasteiger partial charge on any atom is -0.497 e. The molecule has 0 radical (unpaired) electrons. The Balaban J connectivity index is 1.65. The molecule has 3 aromatic rings. The van der Waals surface area contributed by atoms with Crippen molar-refractivity contribution in [1.82, 2.24) is 0 Å². The molecule has 2 aliphatic carbocycles. The van der Waals surface area contributed by atoms with E-state index in [4.69, 9.17) is 4.74 Å². The van der Waals surface area contributed by atoms with E-state index in [1.165, 1.54) is 33.4 Å². The molecular formula is C26H22O. The van der Waals surface area contributed by atoms with Crippen molar-refractivity contribution < 1.29 is 4.74 Å². The van der Waals surface area contributed by atoms with Gasteiger partial charge in [-0.05, 0) is 51.9 Å².